The zero-order chi connectivity index (χ0) is 13.5. The standard InChI is InChI=1S/C13H15Cl2NO2/c1-13(2)10(6-11(13)17)16-12(18)7-3-8(14)5-9(15)4-7/h3-5,10-11,17H,6H2,1-2H3,(H,16,18). The van der Waals surface area contributed by atoms with Crippen molar-refractivity contribution in [3.8, 4) is 0 Å². The highest BCUT2D eigenvalue weighted by atomic mass is 35.5. The molecule has 1 aliphatic carbocycles. The summed E-state index contributed by atoms with van der Waals surface area (Å²) in [6.07, 6.45) is 0.207. The Labute approximate surface area is 116 Å². The Hall–Kier alpha value is -0.770. The number of carbonyl (C=O) groups excluding carboxylic acids is 1. The monoisotopic (exact) mass is 287 g/mol. The lowest BCUT2D eigenvalue weighted by atomic mass is 9.64. The molecule has 0 aliphatic heterocycles. The maximum atomic E-state index is 12.0. The van der Waals surface area contributed by atoms with Gasteiger partial charge in [-0.25, -0.2) is 0 Å². The van der Waals surface area contributed by atoms with E-state index in [1.807, 2.05) is 13.8 Å². The zero-order valence-corrected chi connectivity index (χ0v) is 11.7. The van der Waals surface area contributed by atoms with Crippen LogP contribution in [0.15, 0.2) is 18.2 Å². The number of hydrogen-bond donors (Lipinski definition) is 2. The van der Waals surface area contributed by atoms with Crippen LogP contribution in [-0.2, 0) is 0 Å². The third-order valence-electron chi connectivity index (χ3n) is 3.65. The average molecular weight is 288 g/mol. The highest BCUT2D eigenvalue weighted by Gasteiger charge is 2.47. The van der Waals surface area contributed by atoms with E-state index in [1.54, 1.807) is 18.2 Å². The molecule has 0 saturated heterocycles. The maximum Gasteiger partial charge on any atom is 0.251 e. The molecule has 1 aromatic rings. The second-order valence-corrected chi connectivity index (χ2v) is 6.13. The molecule has 0 spiro atoms. The van der Waals surface area contributed by atoms with Crippen LogP contribution in [0.1, 0.15) is 30.6 Å². The van der Waals surface area contributed by atoms with Crippen molar-refractivity contribution in [2.75, 3.05) is 0 Å². The highest BCUT2D eigenvalue weighted by molar-refractivity contribution is 6.35. The Kier molecular flexibility index (Phi) is 3.58. The predicted octanol–water partition coefficient (Wildman–Crippen LogP) is 2.88. The van der Waals surface area contributed by atoms with Gasteiger partial charge in [-0.05, 0) is 24.6 Å². The van der Waals surface area contributed by atoms with Gasteiger partial charge in [-0.15, -0.1) is 0 Å². The number of hydrogen-bond acceptors (Lipinski definition) is 2. The van der Waals surface area contributed by atoms with Crippen LogP contribution < -0.4 is 5.32 Å². The van der Waals surface area contributed by atoms with Crippen molar-refractivity contribution >= 4 is 29.1 Å². The molecule has 1 aliphatic rings. The Morgan fingerprint density at radius 1 is 1.33 bits per heavy atom. The van der Waals surface area contributed by atoms with Gasteiger partial charge < -0.3 is 10.4 Å². The first kappa shape index (κ1) is 13.7. The molecule has 0 radical (unpaired) electrons. The lowest BCUT2D eigenvalue weighted by molar-refractivity contribution is -0.0689. The highest BCUT2D eigenvalue weighted by Crippen LogP contribution is 2.40. The molecule has 2 rings (SSSR count). The Morgan fingerprint density at radius 3 is 2.33 bits per heavy atom. The number of halogens is 2. The summed E-state index contributed by atoms with van der Waals surface area (Å²) >= 11 is 11.7. The molecule has 0 heterocycles. The quantitative estimate of drug-likeness (QED) is 0.879. The van der Waals surface area contributed by atoms with Gasteiger partial charge in [0.1, 0.15) is 0 Å². The lowest BCUT2D eigenvalue weighted by Gasteiger charge is -2.49. The van der Waals surface area contributed by atoms with E-state index in [9.17, 15) is 9.90 Å². The smallest absolute Gasteiger partial charge is 0.251 e. The summed E-state index contributed by atoms with van der Waals surface area (Å²) in [5, 5.41) is 13.4. The van der Waals surface area contributed by atoms with E-state index >= 15 is 0 Å². The van der Waals surface area contributed by atoms with Crippen LogP contribution in [0.2, 0.25) is 10.0 Å². The molecule has 2 N–H and O–H groups in total. The normalized spacial score (nSPS) is 25.4. The van der Waals surface area contributed by atoms with Gasteiger partial charge in [0.25, 0.3) is 5.91 Å². The summed E-state index contributed by atoms with van der Waals surface area (Å²) in [5.74, 6) is -0.218. The minimum atomic E-state index is -0.370. The summed E-state index contributed by atoms with van der Waals surface area (Å²) in [5.41, 5.74) is 0.141. The van der Waals surface area contributed by atoms with Crippen molar-refractivity contribution in [1.29, 1.82) is 0 Å². The average Bonchev–Trinajstić information content (AvgIpc) is 2.27. The maximum absolute atomic E-state index is 12.0. The number of rotatable bonds is 2. The summed E-state index contributed by atoms with van der Waals surface area (Å²) in [6.45, 7) is 3.86. The first-order chi connectivity index (χ1) is 8.30. The van der Waals surface area contributed by atoms with Crippen molar-refractivity contribution in [3.05, 3.63) is 33.8 Å². The van der Waals surface area contributed by atoms with Crippen LogP contribution in [0.25, 0.3) is 0 Å². The van der Waals surface area contributed by atoms with E-state index < -0.39 is 0 Å². The second kappa shape index (κ2) is 4.72. The number of benzene rings is 1. The van der Waals surface area contributed by atoms with Gasteiger partial charge >= 0.3 is 0 Å². The van der Waals surface area contributed by atoms with E-state index in [0.29, 0.717) is 22.0 Å². The molecule has 18 heavy (non-hydrogen) atoms. The molecule has 3 nitrogen and oxygen atoms in total. The Balaban J connectivity index is 2.09. The van der Waals surface area contributed by atoms with Crippen LogP contribution in [0.3, 0.4) is 0 Å². The first-order valence-corrected chi connectivity index (χ1v) is 6.51. The minimum Gasteiger partial charge on any atom is -0.392 e. The minimum absolute atomic E-state index is 0.0299. The number of aliphatic hydroxyl groups excluding tert-OH is 1. The number of carbonyl (C=O) groups is 1. The van der Waals surface area contributed by atoms with Crippen molar-refractivity contribution < 1.29 is 9.90 Å². The summed E-state index contributed by atoms with van der Waals surface area (Å²) in [6, 6.07) is 4.70. The first-order valence-electron chi connectivity index (χ1n) is 5.75. The van der Waals surface area contributed by atoms with Gasteiger partial charge in [0, 0.05) is 27.1 Å². The van der Waals surface area contributed by atoms with Crippen molar-refractivity contribution in [3.63, 3.8) is 0 Å². The fourth-order valence-electron chi connectivity index (χ4n) is 2.07. The lowest BCUT2D eigenvalue weighted by Crippen LogP contribution is -2.61. The summed E-state index contributed by atoms with van der Waals surface area (Å²) in [4.78, 5) is 12.0. The van der Waals surface area contributed by atoms with E-state index in [-0.39, 0.29) is 23.5 Å². The van der Waals surface area contributed by atoms with Crippen molar-refractivity contribution in [2.45, 2.75) is 32.4 Å². The van der Waals surface area contributed by atoms with E-state index in [1.165, 1.54) is 0 Å². The van der Waals surface area contributed by atoms with Crippen LogP contribution in [0, 0.1) is 5.41 Å². The molecule has 2 atom stereocenters. The molecule has 0 aromatic heterocycles. The molecule has 0 bridgehead atoms. The van der Waals surface area contributed by atoms with E-state index in [0.717, 1.165) is 0 Å². The number of nitrogens with one attached hydrogen (secondary N) is 1. The van der Waals surface area contributed by atoms with Gasteiger partial charge in [-0.1, -0.05) is 37.0 Å². The van der Waals surface area contributed by atoms with Gasteiger partial charge in [0.05, 0.1) is 6.10 Å². The van der Waals surface area contributed by atoms with Gasteiger partial charge in [0.15, 0.2) is 0 Å². The second-order valence-electron chi connectivity index (χ2n) is 5.26. The molecule has 2 unspecified atom stereocenters. The number of amides is 1. The zero-order valence-electron chi connectivity index (χ0n) is 10.2. The fraction of sp³-hybridized carbons (Fsp3) is 0.462. The predicted molar refractivity (Wildman–Crippen MR) is 72.1 cm³/mol. The fourth-order valence-corrected chi connectivity index (χ4v) is 2.60. The van der Waals surface area contributed by atoms with Crippen LogP contribution in [0.5, 0.6) is 0 Å². The van der Waals surface area contributed by atoms with E-state index in [2.05, 4.69) is 5.32 Å². The van der Waals surface area contributed by atoms with Gasteiger partial charge in [-0.3, -0.25) is 4.79 Å². The van der Waals surface area contributed by atoms with Crippen molar-refractivity contribution in [1.82, 2.24) is 5.32 Å². The molecule has 1 fully saturated rings. The molecule has 1 aromatic carbocycles. The van der Waals surface area contributed by atoms with Gasteiger partial charge in [-0.2, -0.15) is 0 Å². The largest absolute Gasteiger partial charge is 0.392 e. The molecule has 5 heteroatoms. The van der Waals surface area contributed by atoms with Crippen molar-refractivity contribution in [2.24, 2.45) is 5.41 Å². The molecule has 1 amide bonds. The third kappa shape index (κ3) is 2.48. The molecule has 1 saturated carbocycles. The van der Waals surface area contributed by atoms with Crippen LogP contribution >= 0.6 is 23.2 Å². The van der Waals surface area contributed by atoms with Gasteiger partial charge in [0.2, 0.25) is 0 Å². The summed E-state index contributed by atoms with van der Waals surface area (Å²) in [7, 11) is 0. The SMILES string of the molecule is CC1(C)C(O)CC1NC(=O)c1cc(Cl)cc(Cl)c1. The molecular weight excluding hydrogens is 273 g/mol. The number of aliphatic hydroxyl groups is 1. The molecular formula is C13H15Cl2NO2. The molecule has 98 valence electrons. The topological polar surface area (TPSA) is 49.3 Å². The van der Waals surface area contributed by atoms with E-state index in [4.69, 9.17) is 23.2 Å². The van der Waals surface area contributed by atoms with Crippen LogP contribution in [0.4, 0.5) is 0 Å². The summed E-state index contributed by atoms with van der Waals surface area (Å²) < 4.78 is 0. The van der Waals surface area contributed by atoms with Crippen LogP contribution in [-0.4, -0.2) is 23.2 Å². The third-order valence-corrected chi connectivity index (χ3v) is 4.08. The Bertz CT molecular complexity index is 468. The Morgan fingerprint density at radius 2 is 1.89 bits per heavy atom.